The van der Waals surface area contributed by atoms with Crippen molar-refractivity contribution < 1.29 is 33.8 Å². The Bertz CT molecular complexity index is 4460. The Hall–Kier alpha value is -12.2. The van der Waals surface area contributed by atoms with Crippen molar-refractivity contribution in [2.24, 2.45) is 25.4 Å². The maximum absolute atomic E-state index is 12.5. The number of hydrogen-bond donors (Lipinski definition) is 9. The van der Waals surface area contributed by atoms with Crippen molar-refractivity contribution in [2.75, 3.05) is 45.0 Å². The highest BCUT2D eigenvalue weighted by atomic mass is 16.5. The van der Waals surface area contributed by atoms with Crippen molar-refractivity contribution in [1.82, 2.24) is 31.7 Å². The number of ether oxygens (including phenoxy) is 2. The highest BCUT2D eigenvalue weighted by molar-refractivity contribution is 6.01. The number of para-hydroxylation sites is 2. The number of aromatic hydroxyl groups is 1. The van der Waals surface area contributed by atoms with Gasteiger partial charge in [-0.05, 0) is 160 Å². The van der Waals surface area contributed by atoms with Gasteiger partial charge in [-0.15, -0.1) is 0 Å². The van der Waals surface area contributed by atoms with Gasteiger partial charge in [0.2, 0.25) is 11.8 Å². The number of aromatic nitrogens is 2. The SMILES string of the molecule is CN=Cc1cccc(O)c1.COc1ccc2cc(/C=N/NC(=O)CCCNc3ccc(C(=O)N/N=C/c4ccc5cc(OC)ccc5c4)cc3)ccc2c1.O=C(CCCNc1ccc(C(=O)N/N=C/c2c[nH]c3ccccc23)cc1)N/N=C/c1c[nH]c2ccccc12. The summed E-state index contributed by atoms with van der Waals surface area (Å²) in [5, 5.41) is 38.2. The second kappa shape index (κ2) is 33.2. The van der Waals surface area contributed by atoms with Gasteiger partial charge in [0.25, 0.3) is 11.8 Å². The summed E-state index contributed by atoms with van der Waals surface area (Å²) in [4.78, 5) is 59.3. The van der Waals surface area contributed by atoms with Crippen LogP contribution >= 0.6 is 0 Å². The fourth-order valence-electron chi connectivity index (χ4n) is 9.42. The van der Waals surface area contributed by atoms with Crippen LogP contribution in [0.4, 0.5) is 11.4 Å². The first-order valence-electron chi connectivity index (χ1n) is 29.5. The molecule has 0 spiro atoms. The number of phenols is 1. The van der Waals surface area contributed by atoms with E-state index >= 15 is 0 Å². The Morgan fingerprint density at radius 3 is 1.34 bits per heavy atom. The summed E-state index contributed by atoms with van der Waals surface area (Å²) in [5.41, 5.74) is 19.5. The average Bonchev–Trinajstić information content (AvgIpc) is 1.68. The number of hydrogen-bond acceptors (Lipinski definition) is 14. The predicted molar refractivity (Wildman–Crippen MR) is 369 cm³/mol. The number of nitrogens with one attached hydrogen (secondary N) is 8. The van der Waals surface area contributed by atoms with E-state index in [-0.39, 0.29) is 29.4 Å². The molecule has 464 valence electrons. The molecule has 4 amide bonds. The Kier molecular flexibility index (Phi) is 23.2. The zero-order valence-corrected chi connectivity index (χ0v) is 50.9. The van der Waals surface area contributed by atoms with Crippen molar-refractivity contribution >= 4 is 109 Å². The third-order valence-corrected chi connectivity index (χ3v) is 14.2. The number of hydrazone groups is 4. The van der Waals surface area contributed by atoms with Crippen LogP contribution in [0.3, 0.4) is 0 Å². The Morgan fingerprint density at radius 2 is 0.870 bits per heavy atom. The molecule has 0 aliphatic carbocycles. The van der Waals surface area contributed by atoms with E-state index < -0.39 is 0 Å². The lowest BCUT2D eigenvalue weighted by molar-refractivity contribution is -0.121. The van der Waals surface area contributed by atoms with Crippen LogP contribution in [0, 0.1) is 0 Å². The molecule has 0 saturated carbocycles. The summed E-state index contributed by atoms with van der Waals surface area (Å²) in [5.74, 6) is 0.974. The minimum Gasteiger partial charge on any atom is -0.508 e. The molecular weight excluding hydrogens is 1160 g/mol. The fourth-order valence-corrected chi connectivity index (χ4v) is 9.42. The van der Waals surface area contributed by atoms with Crippen LogP contribution in [0.15, 0.2) is 232 Å². The number of anilines is 2. The zero-order chi connectivity index (χ0) is 64.3. The number of H-pyrrole nitrogens is 2. The van der Waals surface area contributed by atoms with Crippen LogP contribution in [0.25, 0.3) is 43.4 Å². The van der Waals surface area contributed by atoms with Crippen molar-refractivity contribution in [1.29, 1.82) is 0 Å². The normalized spacial score (nSPS) is 11.2. The third kappa shape index (κ3) is 19.2. The van der Waals surface area contributed by atoms with Gasteiger partial charge in [0.05, 0.1) is 39.1 Å². The highest BCUT2D eigenvalue weighted by Crippen LogP contribution is 2.24. The van der Waals surface area contributed by atoms with E-state index in [4.69, 9.17) is 14.6 Å². The molecule has 0 aliphatic rings. The number of fused-ring (bicyclic) bond motifs is 4. The van der Waals surface area contributed by atoms with Gasteiger partial charge in [-0.3, -0.25) is 24.2 Å². The first-order chi connectivity index (χ1) is 45.0. The van der Waals surface area contributed by atoms with Gasteiger partial charge in [0.15, 0.2) is 0 Å². The van der Waals surface area contributed by atoms with E-state index in [1.54, 1.807) is 94.8 Å². The van der Waals surface area contributed by atoms with Gasteiger partial charge in [0.1, 0.15) is 17.2 Å². The Balaban J connectivity index is 0.000000190. The first-order valence-corrected chi connectivity index (χ1v) is 29.5. The maximum atomic E-state index is 12.5. The maximum Gasteiger partial charge on any atom is 0.271 e. The molecule has 9 N–H and O–H groups in total. The summed E-state index contributed by atoms with van der Waals surface area (Å²) in [6, 6.07) is 60.5. The molecule has 0 atom stereocenters. The molecule has 0 unspecified atom stereocenters. The molecule has 2 heterocycles. The predicted octanol–water partition coefficient (Wildman–Crippen LogP) is 12.3. The van der Waals surface area contributed by atoms with Gasteiger partial charge in [-0.2, -0.15) is 20.4 Å². The highest BCUT2D eigenvalue weighted by Gasteiger charge is 2.09. The molecule has 11 aromatic rings. The zero-order valence-electron chi connectivity index (χ0n) is 50.9. The van der Waals surface area contributed by atoms with Crippen molar-refractivity contribution in [2.45, 2.75) is 25.7 Å². The number of carbonyl (C=O) groups is 4. The number of methoxy groups -OCH3 is 2. The minimum absolute atomic E-state index is 0.150. The van der Waals surface area contributed by atoms with Crippen LogP contribution in [0.5, 0.6) is 17.2 Å². The summed E-state index contributed by atoms with van der Waals surface area (Å²) in [6.45, 7) is 1.21. The van der Waals surface area contributed by atoms with E-state index in [0.717, 1.165) is 94.0 Å². The molecule has 2 aromatic heterocycles. The minimum atomic E-state index is -0.306. The van der Waals surface area contributed by atoms with Crippen molar-refractivity contribution in [3.8, 4) is 17.2 Å². The summed E-state index contributed by atoms with van der Waals surface area (Å²) in [6.07, 6.45) is 13.8. The van der Waals surface area contributed by atoms with Crippen LogP contribution in [-0.4, -0.2) is 104 Å². The molecule has 92 heavy (non-hydrogen) atoms. The molecule has 0 fully saturated rings. The number of benzene rings is 9. The summed E-state index contributed by atoms with van der Waals surface area (Å²) >= 11 is 0. The summed E-state index contributed by atoms with van der Waals surface area (Å²) in [7, 11) is 4.98. The van der Waals surface area contributed by atoms with E-state index in [9.17, 15) is 19.2 Å². The topological polar surface area (TPSA) is 273 Å². The van der Waals surface area contributed by atoms with E-state index in [1.807, 2.05) is 164 Å². The van der Waals surface area contributed by atoms with Crippen LogP contribution < -0.4 is 41.8 Å². The number of rotatable bonds is 23. The lowest BCUT2D eigenvalue weighted by atomic mass is 10.1. The fraction of sp³-hybridized carbons (Fsp3) is 0.125. The lowest BCUT2D eigenvalue weighted by Gasteiger charge is -2.07. The average molecular weight is 1230 g/mol. The van der Waals surface area contributed by atoms with Crippen LogP contribution in [-0.2, 0) is 9.59 Å². The third-order valence-electron chi connectivity index (χ3n) is 14.2. The van der Waals surface area contributed by atoms with Gasteiger partial charge in [-0.1, -0.05) is 84.9 Å². The number of aliphatic imine (C=N–C) groups is 1. The van der Waals surface area contributed by atoms with Crippen molar-refractivity contribution in [3.63, 3.8) is 0 Å². The summed E-state index contributed by atoms with van der Waals surface area (Å²) < 4.78 is 10.5. The molecule has 20 heteroatoms. The van der Waals surface area contributed by atoms with Crippen molar-refractivity contribution in [3.05, 3.63) is 245 Å². The van der Waals surface area contributed by atoms with E-state index in [2.05, 4.69) is 67.7 Å². The van der Waals surface area contributed by atoms with Gasteiger partial charge in [-0.25, -0.2) is 21.7 Å². The largest absolute Gasteiger partial charge is 0.508 e. The smallest absolute Gasteiger partial charge is 0.271 e. The number of carbonyl (C=O) groups excluding carboxylic acids is 4. The number of phenolic OH excluding ortho intramolecular Hbond substituents is 1. The molecule has 0 aliphatic heterocycles. The Morgan fingerprint density at radius 1 is 0.446 bits per heavy atom. The number of amides is 4. The molecule has 0 radical (unpaired) electrons. The molecule has 20 nitrogen and oxygen atoms in total. The van der Waals surface area contributed by atoms with Crippen LogP contribution in [0.1, 0.15) is 74.2 Å². The standard InChI is InChI=1S/C35H33N5O4.C29H27N7O2.C8H9NO/c1-43-32-15-11-27-18-24(5-7-29(27)20-32)22-37-39-34(41)4-3-17-36-31-13-9-26(10-14-31)35(42)40-38-23-25-6-8-30-21-33(44-2)16-12-28(30)19-25;37-28(35-33-18-21-16-31-26-8-3-1-6-24(21)26)10-5-15-30-23-13-11-20(12-14-23)29(38)36-34-19-22-17-32-27-9-4-2-7-25(22)27;1-9-6-7-3-2-4-8(10)5-7/h5-16,18-23,36H,3-4,17H2,1-2H3,(H,39,41)(H,40,42);1-4,6-9,11-14,16-19,30-32H,5,10,15H2,(H,35,37)(H,36,38);2-6,10H,1H3/b37-22+,38-23+;33-18+,34-19+;. The van der Waals surface area contributed by atoms with Gasteiger partial charge >= 0.3 is 0 Å². The molecular formula is C72H69N13O7. The molecule has 0 saturated heterocycles. The molecule has 0 bridgehead atoms. The molecule has 9 aromatic carbocycles. The second-order valence-electron chi connectivity index (χ2n) is 20.7. The molecule has 11 rings (SSSR count). The lowest BCUT2D eigenvalue weighted by Crippen LogP contribution is -2.18. The van der Waals surface area contributed by atoms with Gasteiger partial charge < -0.3 is 35.2 Å². The van der Waals surface area contributed by atoms with Crippen LogP contribution in [0.2, 0.25) is 0 Å². The van der Waals surface area contributed by atoms with E-state index in [0.29, 0.717) is 49.9 Å². The first kappa shape index (κ1) is 64.3. The Labute approximate surface area is 531 Å². The number of nitrogens with zero attached hydrogens (tertiary/aromatic N) is 5. The van der Waals surface area contributed by atoms with Gasteiger partial charge in [0, 0.05) is 107 Å². The monoisotopic (exact) mass is 1230 g/mol. The van der Waals surface area contributed by atoms with E-state index in [1.165, 1.54) is 0 Å². The number of aromatic amines is 2. The quantitative estimate of drug-likeness (QED) is 0.0167. The second-order valence-corrected chi connectivity index (χ2v) is 20.7.